The van der Waals surface area contributed by atoms with E-state index in [2.05, 4.69) is 120 Å². The topological polar surface area (TPSA) is 0 Å². The maximum absolute atomic E-state index is 3.45. The van der Waals surface area contributed by atoms with Crippen molar-refractivity contribution in [1.82, 2.24) is 0 Å². The van der Waals surface area contributed by atoms with Gasteiger partial charge in [0.15, 0.2) is 0 Å². The summed E-state index contributed by atoms with van der Waals surface area (Å²) < 4.78 is 2.21. The number of hydrogen-bond donors (Lipinski definition) is 0. The van der Waals surface area contributed by atoms with Crippen LogP contribution in [0.3, 0.4) is 0 Å². The van der Waals surface area contributed by atoms with E-state index in [-0.39, 0.29) is 0 Å². The maximum atomic E-state index is 3.45. The van der Waals surface area contributed by atoms with Crippen LogP contribution in [0.25, 0.3) is 21.5 Å². The van der Waals surface area contributed by atoms with E-state index in [0.29, 0.717) is 0 Å². The van der Waals surface area contributed by atoms with E-state index < -0.39 is 16.3 Å². The van der Waals surface area contributed by atoms with Crippen molar-refractivity contribution >= 4 is 49.9 Å². The van der Waals surface area contributed by atoms with Crippen LogP contribution in [0, 0.1) is 0 Å². The van der Waals surface area contributed by atoms with E-state index in [9.17, 15) is 0 Å². The fourth-order valence-corrected chi connectivity index (χ4v) is 2.14. The molecule has 0 saturated heterocycles. The van der Waals surface area contributed by atoms with E-state index in [1.54, 1.807) is 0 Å². The molecule has 0 radical (unpaired) electrons. The molecule has 118 valence electrons. The number of halogens is 2. The maximum Gasteiger partial charge on any atom is -0.0809 e. The van der Waals surface area contributed by atoms with Crippen LogP contribution in [0.5, 0.6) is 0 Å². The molecule has 0 unspecified atom stereocenters. The Labute approximate surface area is 156 Å². The first-order chi connectivity index (χ1) is 11.2. The van der Waals surface area contributed by atoms with Crippen LogP contribution in [-0.2, 0) is 16.3 Å². The molecule has 0 nitrogen and oxygen atoms in total. The molecule has 4 aromatic rings. The fraction of sp³-hybridized carbons (Fsp3) is 0.0500. The number of rotatable bonds is 0. The summed E-state index contributed by atoms with van der Waals surface area (Å²) in [5.74, 6) is 0. The summed E-state index contributed by atoms with van der Waals surface area (Å²) in [4.78, 5) is 0. The zero-order valence-corrected chi connectivity index (χ0v) is 19.7. The zero-order chi connectivity index (χ0) is 16.5. The molecular weight excluding hydrogens is 579 g/mol. The second-order valence-corrected chi connectivity index (χ2v) is 31.7. The predicted octanol–water partition coefficient (Wildman–Crippen LogP) is 7.16. The van der Waals surface area contributed by atoms with Crippen LogP contribution >= 0.6 is 24.6 Å². The second kappa shape index (κ2) is 10.3. The average Bonchev–Trinajstić information content (AvgIpc) is 3.24. The van der Waals surface area contributed by atoms with Gasteiger partial charge in [0.1, 0.15) is 0 Å². The molecule has 4 aromatic carbocycles. The molecule has 0 N–H and O–H groups in total. The van der Waals surface area contributed by atoms with Crippen LogP contribution < -0.4 is 0 Å². The van der Waals surface area contributed by atoms with Gasteiger partial charge in [-0.2, -0.15) is 35.0 Å². The molecule has 4 rings (SSSR count). The average molecular weight is 597 g/mol. The molecule has 0 aromatic heterocycles. The SMILES string of the molecule is C[CH]=[Hf]([Br])[Br].c1ccc2[cH-]ccc2c1.c1ccc2[cH-]ccc2c1. The van der Waals surface area contributed by atoms with Gasteiger partial charge in [-0.05, 0) is 0 Å². The van der Waals surface area contributed by atoms with Gasteiger partial charge in [-0.3, -0.25) is 0 Å². The first-order valence-electron chi connectivity index (χ1n) is 7.39. The van der Waals surface area contributed by atoms with Gasteiger partial charge in [0.2, 0.25) is 0 Å². The third-order valence-corrected chi connectivity index (χ3v) is 12.4. The summed E-state index contributed by atoms with van der Waals surface area (Å²) in [5.41, 5.74) is 0. The van der Waals surface area contributed by atoms with Crippen molar-refractivity contribution in [2.45, 2.75) is 6.92 Å². The largest absolute Gasteiger partial charge is 0.168 e. The van der Waals surface area contributed by atoms with Crippen molar-refractivity contribution in [3.63, 3.8) is 0 Å². The molecule has 0 bridgehead atoms. The van der Waals surface area contributed by atoms with Crippen LogP contribution in [0.1, 0.15) is 6.92 Å². The van der Waals surface area contributed by atoms with Gasteiger partial charge in [-0.15, -0.1) is 59.3 Å². The summed E-state index contributed by atoms with van der Waals surface area (Å²) in [6.07, 6.45) is 0. The first-order valence-corrected chi connectivity index (χ1v) is 25.2. The zero-order valence-electron chi connectivity index (χ0n) is 12.9. The van der Waals surface area contributed by atoms with Crippen molar-refractivity contribution in [2.75, 3.05) is 0 Å². The summed E-state index contributed by atoms with van der Waals surface area (Å²) in [6, 6.07) is 29.3. The standard InChI is InChI=1S/2C9H7.C2H4.2BrH.Hf/c2*1-2-5-9-7-3-6-8(9)4-1;1-2;;;/h2*1-7H;1H,2H3;2*1H;/q2*-1;;;;+2/p-2. The Balaban J connectivity index is 0.000000132. The van der Waals surface area contributed by atoms with Gasteiger partial charge >= 0.3 is 51.6 Å². The molecule has 23 heavy (non-hydrogen) atoms. The van der Waals surface area contributed by atoms with Crippen molar-refractivity contribution in [1.29, 1.82) is 0 Å². The Morgan fingerprint density at radius 2 is 1.13 bits per heavy atom. The Kier molecular flexibility index (Phi) is 8.35. The number of benzene rings is 2. The summed E-state index contributed by atoms with van der Waals surface area (Å²) in [5, 5.41) is 5.32. The minimum absolute atomic E-state index is 1.20. The van der Waals surface area contributed by atoms with Crippen molar-refractivity contribution in [3.05, 3.63) is 84.9 Å². The van der Waals surface area contributed by atoms with Gasteiger partial charge in [0.25, 0.3) is 0 Å². The molecular formula is C20H18Br2Hf-2. The van der Waals surface area contributed by atoms with E-state index in [1.807, 2.05) is 0 Å². The van der Waals surface area contributed by atoms with Gasteiger partial charge < -0.3 is 0 Å². The van der Waals surface area contributed by atoms with Gasteiger partial charge in [0, 0.05) is 0 Å². The van der Waals surface area contributed by atoms with E-state index in [0.717, 1.165) is 0 Å². The van der Waals surface area contributed by atoms with Gasteiger partial charge in [0.05, 0.1) is 0 Å². The Morgan fingerprint density at radius 3 is 1.48 bits per heavy atom. The quantitative estimate of drug-likeness (QED) is 0.149. The molecule has 0 atom stereocenters. The third-order valence-electron chi connectivity index (χ3n) is 3.31. The van der Waals surface area contributed by atoms with Crippen LogP contribution in [0.4, 0.5) is 0 Å². The minimum atomic E-state index is -1.20. The normalized spacial score (nSPS) is 9.52. The predicted molar refractivity (Wildman–Crippen MR) is 109 cm³/mol. The van der Waals surface area contributed by atoms with E-state index in [4.69, 9.17) is 0 Å². The molecule has 0 aliphatic rings. The summed E-state index contributed by atoms with van der Waals surface area (Å²) in [7, 11) is 0. The molecule has 0 fully saturated rings. The van der Waals surface area contributed by atoms with Crippen LogP contribution in [-0.4, -0.2) is 3.76 Å². The van der Waals surface area contributed by atoms with Crippen molar-refractivity contribution < 1.29 is 16.3 Å². The van der Waals surface area contributed by atoms with Crippen LogP contribution in [0.15, 0.2) is 84.9 Å². The Morgan fingerprint density at radius 1 is 0.739 bits per heavy atom. The van der Waals surface area contributed by atoms with E-state index in [1.165, 1.54) is 21.5 Å². The minimum Gasteiger partial charge on any atom is -0.168 e. The fourth-order valence-electron chi connectivity index (χ4n) is 2.14. The van der Waals surface area contributed by atoms with Gasteiger partial charge in [-0.25, -0.2) is 0 Å². The number of hydrogen-bond acceptors (Lipinski definition) is 0. The molecule has 3 heteroatoms. The third kappa shape index (κ3) is 6.40. The molecule has 0 amide bonds. The molecule has 0 heterocycles. The van der Waals surface area contributed by atoms with Crippen molar-refractivity contribution in [3.8, 4) is 0 Å². The molecule has 0 saturated carbocycles. The van der Waals surface area contributed by atoms with Crippen LogP contribution in [0.2, 0.25) is 0 Å². The summed E-state index contributed by atoms with van der Waals surface area (Å²) >= 11 is 5.69. The van der Waals surface area contributed by atoms with E-state index >= 15 is 0 Å². The Hall–Kier alpha value is -0.640. The Bertz CT molecular complexity index is 741. The van der Waals surface area contributed by atoms with Crippen molar-refractivity contribution in [2.24, 2.45) is 0 Å². The molecule has 0 spiro atoms. The first kappa shape index (κ1) is 18.7. The molecule has 0 aliphatic carbocycles. The van der Waals surface area contributed by atoms with Gasteiger partial charge in [-0.1, -0.05) is 12.1 Å². The molecule has 0 aliphatic heterocycles. The monoisotopic (exact) mass is 596 g/mol. The smallest absolute Gasteiger partial charge is 0.0809 e. The summed E-state index contributed by atoms with van der Waals surface area (Å²) in [6.45, 7) is 2.07. The second-order valence-electron chi connectivity index (χ2n) is 4.89. The number of fused-ring (bicyclic) bond motifs is 2.